The van der Waals surface area contributed by atoms with Crippen molar-refractivity contribution < 1.29 is 24.0 Å². The van der Waals surface area contributed by atoms with Crippen LogP contribution in [-0.2, 0) is 14.4 Å². The number of hydrogen-bond acceptors (Lipinski definition) is 5. The van der Waals surface area contributed by atoms with Gasteiger partial charge in [0.05, 0.1) is 17.7 Å². The van der Waals surface area contributed by atoms with Gasteiger partial charge in [0.1, 0.15) is 6.61 Å². The fraction of sp³-hybridized carbons (Fsp3) is 0.211. The zero-order valence-corrected chi connectivity index (χ0v) is 13.7. The molecule has 0 N–H and O–H groups in total. The summed E-state index contributed by atoms with van der Waals surface area (Å²) in [6.45, 7) is 1.95. The van der Waals surface area contributed by atoms with Crippen LogP contribution >= 0.6 is 0 Å². The summed E-state index contributed by atoms with van der Waals surface area (Å²) in [5, 5.41) is 0.483. The molecule has 3 rings (SSSR count). The summed E-state index contributed by atoms with van der Waals surface area (Å²) < 4.78 is 5.35. The first-order valence-corrected chi connectivity index (χ1v) is 7.89. The van der Waals surface area contributed by atoms with E-state index in [1.165, 1.54) is 12.1 Å². The molecule has 25 heavy (non-hydrogen) atoms. The number of nitrogens with zero attached hydrogens (tertiary/aromatic N) is 1. The lowest BCUT2D eigenvalue weighted by Gasteiger charge is -2.14. The summed E-state index contributed by atoms with van der Waals surface area (Å²) in [4.78, 5) is 40.9. The molecule has 2 aromatic rings. The molecular weight excluding hydrogens is 322 g/mol. The van der Waals surface area contributed by atoms with Gasteiger partial charge in [0.25, 0.3) is 11.8 Å². The van der Waals surface area contributed by atoms with Crippen molar-refractivity contribution >= 4 is 17.8 Å². The maximum absolute atomic E-state index is 12.1. The molecule has 6 heteroatoms. The van der Waals surface area contributed by atoms with E-state index < -0.39 is 17.8 Å². The van der Waals surface area contributed by atoms with Crippen molar-refractivity contribution in [2.75, 3.05) is 13.2 Å². The topological polar surface area (TPSA) is 72.9 Å². The van der Waals surface area contributed by atoms with Crippen molar-refractivity contribution in [1.82, 2.24) is 5.06 Å². The third kappa shape index (κ3) is 3.59. The van der Waals surface area contributed by atoms with E-state index >= 15 is 0 Å². The minimum Gasteiger partial charge on any atom is -0.369 e. The van der Waals surface area contributed by atoms with Crippen molar-refractivity contribution in [3.63, 3.8) is 0 Å². The first-order valence-electron chi connectivity index (χ1n) is 7.89. The third-order valence-electron chi connectivity index (χ3n) is 3.91. The van der Waals surface area contributed by atoms with Crippen LogP contribution in [-0.4, -0.2) is 36.1 Å². The number of carbonyl (C=O) groups is 3. The molecule has 1 aliphatic heterocycles. The second-order valence-corrected chi connectivity index (χ2v) is 5.74. The Morgan fingerprint density at radius 2 is 1.52 bits per heavy atom. The van der Waals surface area contributed by atoms with Gasteiger partial charge < -0.3 is 9.57 Å². The van der Waals surface area contributed by atoms with Crippen molar-refractivity contribution in [2.24, 2.45) is 0 Å². The number of amides is 2. The molecule has 0 saturated carbocycles. The Morgan fingerprint density at radius 1 is 0.960 bits per heavy atom. The van der Waals surface area contributed by atoms with E-state index in [-0.39, 0.29) is 23.7 Å². The van der Waals surface area contributed by atoms with Crippen LogP contribution in [0.2, 0.25) is 0 Å². The Hall–Kier alpha value is -2.99. The molecule has 1 heterocycles. The minimum atomic E-state index is -0.797. The quantitative estimate of drug-likeness (QED) is 0.756. The van der Waals surface area contributed by atoms with E-state index in [4.69, 9.17) is 9.57 Å². The lowest BCUT2D eigenvalue weighted by atomic mass is 10.0. The van der Waals surface area contributed by atoms with E-state index in [0.717, 1.165) is 5.56 Å². The van der Waals surface area contributed by atoms with E-state index in [2.05, 4.69) is 0 Å². The average molecular weight is 339 g/mol. The lowest BCUT2D eigenvalue weighted by molar-refractivity contribution is -0.173. The summed E-state index contributed by atoms with van der Waals surface area (Å²) >= 11 is 0. The second-order valence-electron chi connectivity index (χ2n) is 5.74. The van der Waals surface area contributed by atoms with Gasteiger partial charge in [0.2, 0.25) is 0 Å². The van der Waals surface area contributed by atoms with Crippen LogP contribution in [0.25, 0.3) is 0 Å². The summed E-state index contributed by atoms with van der Waals surface area (Å²) in [5.41, 5.74) is 1.54. The fourth-order valence-electron chi connectivity index (χ4n) is 2.58. The van der Waals surface area contributed by atoms with Crippen LogP contribution in [0.3, 0.4) is 0 Å². The molecule has 1 unspecified atom stereocenters. The maximum Gasteiger partial charge on any atom is 0.358 e. The lowest BCUT2D eigenvalue weighted by Crippen LogP contribution is -2.34. The van der Waals surface area contributed by atoms with Crippen molar-refractivity contribution in [1.29, 1.82) is 0 Å². The van der Waals surface area contributed by atoms with E-state index in [1.54, 1.807) is 12.1 Å². The van der Waals surface area contributed by atoms with Crippen LogP contribution < -0.4 is 0 Å². The summed E-state index contributed by atoms with van der Waals surface area (Å²) in [6.07, 6.45) is 0. The van der Waals surface area contributed by atoms with E-state index in [1.807, 2.05) is 37.3 Å². The normalized spacial score (nSPS) is 14.4. The molecular formula is C19H17NO5. The largest absolute Gasteiger partial charge is 0.369 e. The number of benzene rings is 2. The smallest absolute Gasteiger partial charge is 0.358 e. The molecule has 1 atom stereocenters. The Labute approximate surface area is 144 Å². The number of fused-ring (bicyclic) bond motifs is 1. The highest BCUT2D eigenvalue weighted by molar-refractivity contribution is 6.20. The number of ether oxygens (including phenoxy) is 1. The van der Waals surface area contributed by atoms with Gasteiger partial charge in [-0.05, 0) is 17.7 Å². The molecule has 2 aromatic carbocycles. The van der Waals surface area contributed by atoms with Gasteiger partial charge in [-0.25, -0.2) is 4.79 Å². The van der Waals surface area contributed by atoms with Crippen LogP contribution in [0.1, 0.15) is 39.1 Å². The molecule has 0 aromatic heterocycles. The summed E-state index contributed by atoms with van der Waals surface area (Å²) in [7, 11) is 0. The highest BCUT2D eigenvalue weighted by Crippen LogP contribution is 2.22. The summed E-state index contributed by atoms with van der Waals surface area (Å²) in [6, 6.07) is 16.1. The standard InChI is InChI=1S/C19H17NO5/c1-13(14-7-3-2-4-8-14)11-24-12-17(21)25-20-18(22)15-9-5-6-10-16(15)19(20)23/h2-10,13H,11-12H2,1H3. The molecule has 0 saturated heterocycles. The Morgan fingerprint density at radius 3 is 2.12 bits per heavy atom. The average Bonchev–Trinajstić information content (AvgIpc) is 2.88. The van der Waals surface area contributed by atoms with Gasteiger partial charge in [0.15, 0.2) is 0 Å². The minimum absolute atomic E-state index is 0.105. The molecule has 0 bridgehead atoms. The van der Waals surface area contributed by atoms with E-state index in [9.17, 15) is 14.4 Å². The number of carbonyl (C=O) groups excluding carboxylic acids is 3. The third-order valence-corrected chi connectivity index (χ3v) is 3.91. The predicted octanol–water partition coefficient (Wildman–Crippen LogP) is 2.56. The Balaban J connectivity index is 1.51. The van der Waals surface area contributed by atoms with Crippen molar-refractivity contribution in [3.8, 4) is 0 Å². The SMILES string of the molecule is CC(COCC(=O)ON1C(=O)c2ccccc2C1=O)c1ccccc1. The molecule has 128 valence electrons. The molecule has 0 fully saturated rings. The predicted molar refractivity (Wildman–Crippen MR) is 88.7 cm³/mol. The second kappa shape index (κ2) is 7.27. The van der Waals surface area contributed by atoms with Gasteiger partial charge in [-0.3, -0.25) is 9.59 Å². The van der Waals surface area contributed by atoms with Crippen LogP contribution in [0.15, 0.2) is 54.6 Å². The molecule has 6 nitrogen and oxygen atoms in total. The van der Waals surface area contributed by atoms with Gasteiger partial charge in [-0.15, -0.1) is 0 Å². The fourth-order valence-corrected chi connectivity index (χ4v) is 2.58. The molecule has 0 aliphatic carbocycles. The monoisotopic (exact) mass is 339 g/mol. The first kappa shape index (κ1) is 16.9. The van der Waals surface area contributed by atoms with Gasteiger partial charge in [-0.2, -0.15) is 0 Å². The maximum atomic E-state index is 12.1. The van der Waals surface area contributed by atoms with Gasteiger partial charge >= 0.3 is 5.97 Å². The van der Waals surface area contributed by atoms with Crippen LogP contribution in [0.5, 0.6) is 0 Å². The zero-order chi connectivity index (χ0) is 17.8. The van der Waals surface area contributed by atoms with Crippen molar-refractivity contribution in [3.05, 3.63) is 71.3 Å². The molecule has 0 spiro atoms. The highest BCUT2D eigenvalue weighted by atomic mass is 16.7. The van der Waals surface area contributed by atoms with E-state index in [0.29, 0.717) is 11.7 Å². The number of imide groups is 1. The van der Waals surface area contributed by atoms with Crippen LogP contribution in [0.4, 0.5) is 0 Å². The number of hydroxylamine groups is 2. The molecule has 1 aliphatic rings. The Kier molecular flexibility index (Phi) is 4.90. The summed E-state index contributed by atoms with van der Waals surface area (Å²) in [5.74, 6) is -1.98. The van der Waals surface area contributed by atoms with Crippen LogP contribution in [0, 0.1) is 0 Å². The number of rotatable bonds is 6. The highest BCUT2D eigenvalue weighted by Gasteiger charge is 2.38. The van der Waals surface area contributed by atoms with Gasteiger partial charge in [0, 0.05) is 5.92 Å². The first-order chi connectivity index (χ1) is 12.1. The zero-order valence-electron chi connectivity index (χ0n) is 13.7. The molecule has 2 amide bonds. The van der Waals surface area contributed by atoms with Gasteiger partial charge in [-0.1, -0.05) is 54.5 Å². The Bertz CT molecular complexity index is 767. The van der Waals surface area contributed by atoms with Crippen molar-refractivity contribution in [2.45, 2.75) is 12.8 Å². The molecule has 0 radical (unpaired) electrons. The number of hydrogen-bond donors (Lipinski definition) is 0.